The Morgan fingerprint density at radius 1 is 1.07 bits per heavy atom. The lowest BCUT2D eigenvalue weighted by molar-refractivity contribution is 0.0235. The molecular formula is C11H24Cl2OSi. The molecule has 1 nitrogen and oxygen atoms in total. The second-order valence-corrected chi connectivity index (χ2v) is 12.5. The Labute approximate surface area is 105 Å². The van der Waals surface area contributed by atoms with Crippen LogP contribution < -0.4 is 0 Å². The van der Waals surface area contributed by atoms with E-state index in [4.69, 9.17) is 26.9 Å². The predicted molar refractivity (Wildman–Crippen MR) is 72.1 cm³/mol. The van der Waals surface area contributed by atoms with Gasteiger partial charge in [0.15, 0.2) is 0 Å². The van der Waals surface area contributed by atoms with E-state index in [0.29, 0.717) is 6.23 Å². The molecule has 0 rings (SSSR count). The van der Waals surface area contributed by atoms with E-state index in [-0.39, 0.29) is 5.60 Å². The average molecular weight is 271 g/mol. The van der Waals surface area contributed by atoms with E-state index in [9.17, 15) is 0 Å². The van der Waals surface area contributed by atoms with Crippen molar-refractivity contribution in [1.29, 1.82) is 0 Å². The minimum absolute atomic E-state index is 0.133. The number of ether oxygens (including phenoxy) is 1. The Morgan fingerprint density at radius 2 is 1.67 bits per heavy atom. The van der Waals surface area contributed by atoms with Gasteiger partial charge >= 0.3 is 0 Å². The molecule has 0 saturated carbocycles. The van der Waals surface area contributed by atoms with Crippen LogP contribution in [0.5, 0.6) is 0 Å². The second-order valence-electron chi connectivity index (χ2n) is 5.07. The first kappa shape index (κ1) is 15.8. The first-order valence-electron chi connectivity index (χ1n) is 5.78. The van der Waals surface area contributed by atoms with E-state index in [2.05, 4.69) is 6.92 Å². The fraction of sp³-hybridized carbons (Fsp3) is 1.00. The molecule has 4 heteroatoms. The molecule has 0 N–H and O–H groups in total. The highest BCUT2D eigenvalue weighted by Crippen LogP contribution is 2.26. The minimum atomic E-state index is -2.14. The Kier molecular flexibility index (Phi) is 7.52. The SMILES string of the molecule is CCCCCC[Si](Cl)(Cl)COC(C)(C)C. The summed E-state index contributed by atoms with van der Waals surface area (Å²) in [6, 6.07) is 0.951. The molecule has 0 amide bonds. The largest absolute Gasteiger partial charge is 0.376 e. The third kappa shape index (κ3) is 11.0. The first-order chi connectivity index (χ1) is 6.77. The number of unbranched alkanes of at least 4 members (excludes halogenated alkanes) is 3. The number of hydrogen-bond acceptors (Lipinski definition) is 1. The molecule has 92 valence electrons. The van der Waals surface area contributed by atoms with Crippen molar-refractivity contribution in [3.8, 4) is 0 Å². The van der Waals surface area contributed by atoms with Gasteiger partial charge in [0.05, 0.1) is 11.8 Å². The Bertz CT molecular complexity index is 166. The van der Waals surface area contributed by atoms with Gasteiger partial charge in [-0.3, -0.25) is 0 Å². The zero-order valence-electron chi connectivity index (χ0n) is 10.4. The van der Waals surface area contributed by atoms with Gasteiger partial charge in [0, 0.05) is 0 Å². The van der Waals surface area contributed by atoms with Crippen molar-refractivity contribution in [3.05, 3.63) is 0 Å². The summed E-state index contributed by atoms with van der Waals surface area (Å²) in [7, 11) is 0. The highest BCUT2D eigenvalue weighted by atomic mass is 35.7. The molecule has 0 spiro atoms. The lowest BCUT2D eigenvalue weighted by Crippen LogP contribution is -2.33. The van der Waals surface area contributed by atoms with Crippen LogP contribution in [0.4, 0.5) is 0 Å². The summed E-state index contributed by atoms with van der Waals surface area (Å²) in [6.07, 6.45) is 5.45. The molecule has 0 atom stereocenters. The van der Waals surface area contributed by atoms with Crippen LogP contribution in [0.1, 0.15) is 53.4 Å². The standard InChI is InChI=1S/C11H24Cl2OSi/c1-5-6-7-8-9-15(12,13)10-14-11(2,3)4/h5-10H2,1-4H3. The summed E-state index contributed by atoms with van der Waals surface area (Å²) < 4.78 is 5.65. The van der Waals surface area contributed by atoms with Gasteiger partial charge in [0.25, 0.3) is 6.69 Å². The van der Waals surface area contributed by atoms with Gasteiger partial charge in [0.2, 0.25) is 0 Å². The fourth-order valence-electron chi connectivity index (χ4n) is 1.20. The maximum atomic E-state index is 6.30. The molecule has 0 heterocycles. The summed E-state index contributed by atoms with van der Waals surface area (Å²) in [4.78, 5) is 0. The van der Waals surface area contributed by atoms with Crippen molar-refractivity contribution in [1.82, 2.24) is 0 Å². The first-order valence-corrected chi connectivity index (χ1v) is 10.2. The van der Waals surface area contributed by atoms with Crippen LogP contribution in [0.25, 0.3) is 0 Å². The molecule has 0 aromatic carbocycles. The summed E-state index contributed by atoms with van der Waals surface area (Å²) in [5, 5.41) is 0. The lowest BCUT2D eigenvalue weighted by atomic mass is 10.2. The molecule has 0 unspecified atom stereocenters. The summed E-state index contributed by atoms with van der Waals surface area (Å²) in [5.41, 5.74) is -0.133. The Balaban J connectivity index is 3.67. The molecular weight excluding hydrogens is 247 g/mol. The zero-order chi connectivity index (χ0) is 11.9. The van der Waals surface area contributed by atoms with Gasteiger partial charge in [0.1, 0.15) is 0 Å². The predicted octanol–water partition coefficient (Wildman–Crippen LogP) is 4.84. The molecule has 0 fully saturated rings. The monoisotopic (exact) mass is 270 g/mol. The maximum Gasteiger partial charge on any atom is 0.276 e. The molecule has 0 aromatic rings. The lowest BCUT2D eigenvalue weighted by Gasteiger charge is -2.24. The van der Waals surface area contributed by atoms with Crippen LogP contribution >= 0.6 is 22.2 Å². The molecule has 0 aliphatic carbocycles. The zero-order valence-corrected chi connectivity index (χ0v) is 12.9. The number of hydrogen-bond donors (Lipinski definition) is 0. The molecule has 0 saturated heterocycles. The molecule has 0 aliphatic rings. The van der Waals surface area contributed by atoms with Crippen LogP contribution in [0.3, 0.4) is 0 Å². The van der Waals surface area contributed by atoms with Gasteiger partial charge in [-0.2, -0.15) is 0 Å². The summed E-state index contributed by atoms with van der Waals surface area (Å²) in [5.74, 6) is 0. The number of halogens is 2. The molecule has 0 radical (unpaired) electrons. The van der Waals surface area contributed by atoms with E-state index < -0.39 is 6.69 Å². The van der Waals surface area contributed by atoms with Crippen LogP contribution in [-0.4, -0.2) is 18.5 Å². The highest BCUT2D eigenvalue weighted by molar-refractivity contribution is 7.45. The van der Waals surface area contributed by atoms with Crippen LogP contribution in [0.15, 0.2) is 0 Å². The van der Waals surface area contributed by atoms with Crippen molar-refractivity contribution in [2.24, 2.45) is 0 Å². The van der Waals surface area contributed by atoms with Crippen LogP contribution in [-0.2, 0) is 4.74 Å². The van der Waals surface area contributed by atoms with Crippen molar-refractivity contribution in [2.75, 3.05) is 6.23 Å². The van der Waals surface area contributed by atoms with Crippen molar-refractivity contribution in [2.45, 2.75) is 65.0 Å². The van der Waals surface area contributed by atoms with Gasteiger partial charge in [-0.1, -0.05) is 32.6 Å². The third-order valence-electron chi connectivity index (χ3n) is 2.11. The van der Waals surface area contributed by atoms with Gasteiger partial charge in [-0.05, 0) is 26.8 Å². The van der Waals surface area contributed by atoms with Crippen molar-refractivity contribution in [3.63, 3.8) is 0 Å². The normalized spacial score (nSPS) is 13.2. The van der Waals surface area contributed by atoms with E-state index in [0.717, 1.165) is 12.5 Å². The minimum Gasteiger partial charge on any atom is -0.376 e. The Hall–Kier alpha value is 0.757. The summed E-state index contributed by atoms with van der Waals surface area (Å²) >= 11 is 12.6. The second kappa shape index (κ2) is 7.15. The van der Waals surface area contributed by atoms with E-state index in [1.807, 2.05) is 20.8 Å². The third-order valence-corrected chi connectivity index (χ3v) is 5.55. The Morgan fingerprint density at radius 3 is 2.13 bits per heavy atom. The van der Waals surface area contributed by atoms with Crippen LogP contribution in [0.2, 0.25) is 6.04 Å². The molecule has 15 heavy (non-hydrogen) atoms. The fourth-order valence-corrected chi connectivity index (χ4v) is 3.89. The van der Waals surface area contributed by atoms with Gasteiger partial charge < -0.3 is 4.74 Å². The van der Waals surface area contributed by atoms with Crippen molar-refractivity contribution < 1.29 is 4.74 Å². The number of rotatable bonds is 7. The van der Waals surface area contributed by atoms with Gasteiger partial charge in [-0.15, -0.1) is 22.2 Å². The van der Waals surface area contributed by atoms with Gasteiger partial charge in [-0.25, -0.2) is 0 Å². The maximum absolute atomic E-state index is 6.30. The molecule has 0 aliphatic heterocycles. The van der Waals surface area contributed by atoms with E-state index >= 15 is 0 Å². The molecule has 0 bridgehead atoms. The smallest absolute Gasteiger partial charge is 0.276 e. The van der Waals surface area contributed by atoms with E-state index in [1.54, 1.807) is 0 Å². The van der Waals surface area contributed by atoms with E-state index in [1.165, 1.54) is 19.3 Å². The molecule has 0 aromatic heterocycles. The topological polar surface area (TPSA) is 9.23 Å². The quantitative estimate of drug-likeness (QED) is 0.366. The van der Waals surface area contributed by atoms with Crippen LogP contribution in [0, 0.1) is 0 Å². The summed E-state index contributed by atoms with van der Waals surface area (Å²) in [6.45, 7) is 6.15. The van der Waals surface area contributed by atoms with Crippen molar-refractivity contribution >= 4 is 28.9 Å². The highest BCUT2D eigenvalue weighted by Gasteiger charge is 2.30. The average Bonchev–Trinajstić information content (AvgIpc) is 2.09.